The molecule has 0 aromatic heterocycles. The van der Waals surface area contributed by atoms with E-state index in [2.05, 4.69) is 0 Å². The number of piperidine rings is 1. The minimum Gasteiger partial charge on any atom is -0.381 e. The molecule has 0 atom stereocenters. The molecule has 1 amide bonds. The van der Waals surface area contributed by atoms with Gasteiger partial charge in [0, 0.05) is 20.2 Å². The molecule has 1 saturated heterocycles. The van der Waals surface area contributed by atoms with Crippen molar-refractivity contribution in [3.05, 3.63) is 29.8 Å². The summed E-state index contributed by atoms with van der Waals surface area (Å²) in [6.45, 7) is 4.76. The Hall–Kier alpha value is -1.40. The summed E-state index contributed by atoms with van der Waals surface area (Å²) >= 11 is 0. The summed E-state index contributed by atoms with van der Waals surface area (Å²) in [6.07, 6.45) is 2.29. The smallest absolute Gasteiger partial charge is 0.226 e. The summed E-state index contributed by atoms with van der Waals surface area (Å²) in [5.74, 6) is 0.0824. The number of methoxy groups -OCH3 is 1. The molecule has 1 aromatic rings. The standard InChI is InChI=1S/C17H25NO4S/c1-13(2)23(20,21)16-6-4-14(5-7-16)12-17(19)18-10-8-15(22-3)9-11-18/h4-7,13,15H,8-12H2,1-3H3. The number of carbonyl (C=O) groups excluding carboxylic acids is 1. The van der Waals surface area contributed by atoms with E-state index >= 15 is 0 Å². The second-order valence-electron chi connectivity index (χ2n) is 6.23. The lowest BCUT2D eigenvalue weighted by Gasteiger charge is -2.31. The van der Waals surface area contributed by atoms with Crippen LogP contribution in [0.3, 0.4) is 0 Å². The third kappa shape index (κ3) is 4.32. The van der Waals surface area contributed by atoms with Crippen LogP contribution >= 0.6 is 0 Å². The van der Waals surface area contributed by atoms with Gasteiger partial charge in [-0.2, -0.15) is 0 Å². The molecule has 128 valence electrons. The molecule has 5 nitrogen and oxygen atoms in total. The lowest BCUT2D eigenvalue weighted by atomic mass is 10.1. The largest absolute Gasteiger partial charge is 0.381 e. The zero-order chi connectivity index (χ0) is 17.0. The first kappa shape index (κ1) is 17.9. The van der Waals surface area contributed by atoms with Gasteiger partial charge < -0.3 is 9.64 Å². The molecule has 0 unspecified atom stereocenters. The molecule has 0 saturated carbocycles. The summed E-state index contributed by atoms with van der Waals surface area (Å²) in [7, 11) is -1.56. The van der Waals surface area contributed by atoms with E-state index in [0.29, 0.717) is 11.3 Å². The van der Waals surface area contributed by atoms with Gasteiger partial charge in [0.05, 0.1) is 22.7 Å². The second-order valence-corrected chi connectivity index (χ2v) is 8.73. The van der Waals surface area contributed by atoms with Crippen molar-refractivity contribution in [2.45, 2.75) is 49.4 Å². The first-order chi connectivity index (χ1) is 10.8. The molecule has 1 aromatic carbocycles. The number of hydrogen-bond acceptors (Lipinski definition) is 4. The average Bonchev–Trinajstić information content (AvgIpc) is 2.55. The Balaban J connectivity index is 1.97. The molecule has 2 rings (SSSR count). The quantitative estimate of drug-likeness (QED) is 0.824. The molecule has 0 radical (unpaired) electrons. The zero-order valence-electron chi connectivity index (χ0n) is 14.0. The van der Waals surface area contributed by atoms with Crippen LogP contribution in [0.15, 0.2) is 29.2 Å². The zero-order valence-corrected chi connectivity index (χ0v) is 14.8. The number of ether oxygens (including phenoxy) is 1. The summed E-state index contributed by atoms with van der Waals surface area (Å²) in [6, 6.07) is 6.65. The van der Waals surface area contributed by atoms with Gasteiger partial charge in [0.2, 0.25) is 5.91 Å². The lowest BCUT2D eigenvalue weighted by Crippen LogP contribution is -2.41. The second kappa shape index (κ2) is 7.45. The van der Waals surface area contributed by atoms with E-state index in [1.54, 1.807) is 45.2 Å². The minimum atomic E-state index is -3.26. The highest BCUT2D eigenvalue weighted by Gasteiger charge is 2.23. The molecule has 0 aliphatic carbocycles. The van der Waals surface area contributed by atoms with Crippen LogP contribution < -0.4 is 0 Å². The monoisotopic (exact) mass is 339 g/mol. The van der Waals surface area contributed by atoms with Crippen molar-refractivity contribution in [3.8, 4) is 0 Å². The number of sulfone groups is 1. The van der Waals surface area contributed by atoms with E-state index in [1.165, 1.54) is 0 Å². The Morgan fingerprint density at radius 3 is 2.26 bits per heavy atom. The van der Waals surface area contributed by atoms with Gasteiger partial charge in [0.15, 0.2) is 9.84 Å². The Bertz CT molecular complexity index is 629. The summed E-state index contributed by atoms with van der Waals surface area (Å²) in [5.41, 5.74) is 0.839. The van der Waals surface area contributed by atoms with E-state index < -0.39 is 15.1 Å². The molecule has 0 bridgehead atoms. The molecular formula is C17H25NO4S. The van der Waals surface area contributed by atoms with Crippen LogP contribution in [0.2, 0.25) is 0 Å². The van der Waals surface area contributed by atoms with E-state index in [-0.39, 0.29) is 12.0 Å². The topological polar surface area (TPSA) is 63.7 Å². The van der Waals surface area contributed by atoms with E-state index in [1.807, 2.05) is 4.90 Å². The van der Waals surface area contributed by atoms with Crippen molar-refractivity contribution in [1.29, 1.82) is 0 Å². The number of benzene rings is 1. The maximum atomic E-state index is 12.3. The average molecular weight is 339 g/mol. The number of carbonyl (C=O) groups is 1. The first-order valence-corrected chi connectivity index (χ1v) is 9.52. The van der Waals surface area contributed by atoms with Crippen molar-refractivity contribution >= 4 is 15.7 Å². The van der Waals surface area contributed by atoms with Crippen LogP contribution in [0.5, 0.6) is 0 Å². The summed E-state index contributed by atoms with van der Waals surface area (Å²) < 4.78 is 29.5. The minimum absolute atomic E-state index is 0.0824. The van der Waals surface area contributed by atoms with Crippen molar-refractivity contribution in [2.24, 2.45) is 0 Å². The number of hydrogen-bond donors (Lipinski definition) is 0. The highest BCUT2D eigenvalue weighted by atomic mass is 32.2. The van der Waals surface area contributed by atoms with Crippen molar-refractivity contribution in [3.63, 3.8) is 0 Å². The highest BCUT2D eigenvalue weighted by Crippen LogP contribution is 2.18. The molecule has 6 heteroatoms. The third-order valence-electron chi connectivity index (χ3n) is 4.36. The van der Waals surface area contributed by atoms with Crippen molar-refractivity contribution in [1.82, 2.24) is 4.90 Å². The van der Waals surface area contributed by atoms with Crippen LogP contribution in [0.25, 0.3) is 0 Å². The Labute approximate surface area is 138 Å². The van der Waals surface area contributed by atoms with Gasteiger partial charge in [-0.25, -0.2) is 8.42 Å². The van der Waals surface area contributed by atoms with Gasteiger partial charge >= 0.3 is 0 Å². The van der Waals surface area contributed by atoms with Gasteiger partial charge in [-0.3, -0.25) is 4.79 Å². The number of likely N-dealkylation sites (tertiary alicyclic amines) is 1. The van der Waals surface area contributed by atoms with E-state index in [4.69, 9.17) is 4.74 Å². The van der Waals surface area contributed by atoms with Gasteiger partial charge in [-0.15, -0.1) is 0 Å². The molecule has 1 aliphatic heterocycles. The van der Waals surface area contributed by atoms with Crippen molar-refractivity contribution in [2.75, 3.05) is 20.2 Å². The van der Waals surface area contributed by atoms with Crippen molar-refractivity contribution < 1.29 is 17.9 Å². The van der Waals surface area contributed by atoms with Gasteiger partial charge in [-0.1, -0.05) is 12.1 Å². The molecule has 0 spiro atoms. The highest BCUT2D eigenvalue weighted by molar-refractivity contribution is 7.92. The Morgan fingerprint density at radius 1 is 1.22 bits per heavy atom. The van der Waals surface area contributed by atoms with Gasteiger partial charge in [-0.05, 0) is 44.4 Å². The number of amides is 1. The van der Waals surface area contributed by atoms with E-state index in [9.17, 15) is 13.2 Å². The summed E-state index contributed by atoms with van der Waals surface area (Å²) in [4.78, 5) is 14.5. The molecule has 1 fully saturated rings. The van der Waals surface area contributed by atoms with Crippen LogP contribution in [0.4, 0.5) is 0 Å². The molecule has 1 aliphatic rings. The Kier molecular flexibility index (Phi) is 5.81. The summed E-state index contributed by atoms with van der Waals surface area (Å²) in [5, 5.41) is -0.447. The fourth-order valence-corrected chi connectivity index (χ4v) is 3.76. The molecule has 1 heterocycles. The predicted molar refractivity (Wildman–Crippen MR) is 89.1 cm³/mol. The van der Waals surface area contributed by atoms with Crippen LogP contribution in [-0.2, 0) is 25.8 Å². The fraction of sp³-hybridized carbons (Fsp3) is 0.588. The number of nitrogens with zero attached hydrogens (tertiary/aromatic N) is 1. The van der Waals surface area contributed by atoms with Crippen LogP contribution in [0.1, 0.15) is 32.3 Å². The fourth-order valence-electron chi connectivity index (χ4n) is 2.70. The van der Waals surface area contributed by atoms with Gasteiger partial charge in [0.1, 0.15) is 0 Å². The third-order valence-corrected chi connectivity index (χ3v) is 6.53. The predicted octanol–water partition coefficient (Wildman–Crippen LogP) is 2.05. The SMILES string of the molecule is COC1CCN(C(=O)Cc2ccc(S(=O)(=O)C(C)C)cc2)CC1. The van der Waals surface area contributed by atoms with E-state index in [0.717, 1.165) is 31.5 Å². The number of rotatable bonds is 5. The normalized spacial score (nSPS) is 16.8. The maximum Gasteiger partial charge on any atom is 0.226 e. The lowest BCUT2D eigenvalue weighted by molar-refractivity contribution is -0.132. The Morgan fingerprint density at radius 2 is 1.78 bits per heavy atom. The first-order valence-electron chi connectivity index (χ1n) is 7.98. The molecule has 23 heavy (non-hydrogen) atoms. The van der Waals surface area contributed by atoms with Crippen LogP contribution in [-0.4, -0.2) is 50.8 Å². The van der Waals surface area contributed by atoms with Crippen LogP contribution in [0, 0.1) is 0 Å². The maximum absolute atomic E-state index is 12.3. The molecule has 0 N–H and O–H groups in total. The van der Waals surface area contributed by atoms with Gasteiger partial charge in [0.25, 0.3) is 0 Å². The molecular weight excluding hydrogens is 314 g/mol.